The predicted octanol–water partition coefficient (Wildman–Crippen LogP) is 2.11. The molecule has 3 N–H and O–H groups in total. The van der Waals surface area contributed by atoms with Crippen LogP contribution in [0.1, 0.15) is 17.6 Å². The second kappa shape index (κ2) is 6.22. The highest BCUT2D eigenvalue weighted by Gasteiger charge is 2.22. The molecule has 0 aliphatic rings. The number of nitrogen functional groups attached to an aromatic ring is 1. The van der Waals surface area contributed by atoms with E-state index in [-0.39, 0.29) is 5.95 Å². The van der Waals surface area contributed by atoms with E-state index < -0.39 is 5.60 Å². The molecule has 0 fully saturated rings. The van der Waals surface area contributed by atoms with Crippen LogP contribution in [0.5, 0.6) is 0 Å². The molecule has 7 nitrogen and oxygen atoms in total. The van der Waals surface area contributed by atoms with Gasteiger partial charge >= 0.3 is 0 Å². The lowest BCUT2D eigenvalue weighted by atomic mass is 10.1. The molecule has 1 unspecified atom stereocenters. The highest BCUT2D eigenvalue weighted by molar-refractivity contribution is 7.09. The molecular formula is C18H14N6OS. The highest BCUT2D eigenvalue weighted by Crippen LogP contribution is 2.22. The monoisotopic (exact) mass is 362 g/mol. The average molecular weight is 362 g/mol. The highest BCUT2D eigenvalue weighted by atomic mass is 32.1. The quantitative estimate of drug-likeness (QED) is 0.530. The maximum atomic E-state index is 10.5. The topological polar surface area (TPSA) is 103 Å². The van der Waals surface area contributed by atoms with Crippen molar-refractivity contribution < 1.29 is 5.11 Å². The third-order valence-corrected chi connectivity index (χ3v) is 4.75. The molecule has 128 valence electrons. The fraction of sp³-hybridized carbons (Fsp3) is 0.111. The van der Waals surface area contributed by atoms with Crippen LogP contribution < -0.4 is 5.73 Å². The maximum Gasteiger partial charge on any atom is 0.221 e. The minimum Gasteiger partial charge on any atom is -0.371 e. The Morgan fingerprint density at radius 3 is 2.88 bits per heavy atom. The molecule has 4 heterocycles. The van der Waals surface area contributed by atoms with Crippen LogP contribution in [0.4, 0.5) is 5.95 Å². The van der Waals surface area contributed by atoms with Crippen molar-refractivity contribution in [3.63, 3.8) is 0 Å². The van der Waals surface area contributed by atoms with Crippen LogP contribution in [0.15, 0.2) is 48.4 Å². The number of pyridine rings is 1. The minimum atomic E-state index is -1.33. The SMILES string of the molecule is CC(O)(C#Cc1cc2c(ccn2-c2ccnc(N)n2)cn1)c1nccs1. The number of hydrogen-bond acceptors (Lipinski definition) is 7. The van der Waals surface area contributed by atoms with Gasteiger partial charge in [-0.3, -0.25) is 0 Å². The maximum absolute atomic E-state index is 10.5. The van der Waals surface area contributed by atoms with Crippen LogP contribution in [0.2, 0.25) is 0 Å². The number of fused-ring (bicyclic) bond motifs is 1. The van der Waals surface area contributed by atoms with Gasteiger partial charge in [0.1, 0.15) is 16.5 Å². The van der Waals surface area contributed by atoms with Crippen molar-refractivity contribution in [2.45, 2.75) is 12.5 Å². The summed E-state index contributed by atoms with van der Waals surface area (Å²) in [7, 11) is 0. The van der Waals surface area contributed by atoms with Crippen LogP contribution in [0, 0.1) is 11.8 Å². The van der Waals surface area contributed by atoms with Crippen molar-refractivity contribution in [1.82, 2.24) is 24.5 Å². The van der Waals surface area contributed by atoms with E-state index in [1.807, 2.05) is 22.9 Å². The fourth-order valence-corrected chi connectivity index (χ4v) is 3.15. The number of rotatable bonds is 2. The first-order chi connectivity index (χ1) is 12.5. The van der Waals surface area contributed by atoms with E-state index in [1.54, 1.807) is 37.0 Å². The number of aromatic nitrogens is 5. The largest absolute Gasteiger partial charge is 0.371 e. The molecule has 0 bridgehead atoms. The summed E-state index contributed by atoms with van der Waals surface area (Å²) < 4.78 is 1.89. The van der Waals surface area contributed by atoms with Crippen molar-refractivity contribution >= 4 is 28.2 Å². The Hall–Kier alpha value is -3.28. The zero-order valence-electron chi connectivity index (χ0n) is 13.8. The van der Waals surface area contributed by atoms with Crippen LogP contribution in [0.25, 0.3) is 16.7 Å². The van der Waals surface area contributed by atoms with Crippen LogP contribution in [-0.4, -0.2) is 29.6 Å². The molecule has 0 aliphatic carbocycles. The van der Waals surface area contributed by atoms with E-state index in [9.17, 15) is 5.11 Å². The van der Waals surface area contributed by atoms with E-state index in [1.165, 1.54) is 11.3 Å². The van der Waals surface area contributed by atoms with E-state index >= 15 is 0 Å². The summed E-state index contributed by atoms with van der Waals surface area (Å²) in [4.78, 5) is 16.6. The first-order valence-corrected chi connectivity index (χ1v) is 8.62. The predicted molar refractivity (Wildman–Crippen MR) is 99.6 cm³/mol. The summed E-state index contributed by atoms with van der Waals surface area (Å²) >= 11 is 1.36. The summed E-state index contributed by atoms with van der Waals surface area (Å²) in [5.41, 5.74) is 5.78. The van der Waals surface area contributed by atoms with E-state index in [2.05, 4.69) is 31.8 Å². The van der Waals surface area contributed by atoms with Gasteiger partial charge in [0, 0.05) is 35.6 Å². The Morgan fingerprint density at radius 2 is 2.12 bits per heavy atom. The molecule has 4 aromatic rings. The molecule has 0 saturated heterocycles. The Bertz CT molecular complexity index is 1140. The molecule has 4 rings (SSSR count). The van der Waals surface area contributed by atoms with Crippen molar-refractivity contribution in [3.05, 3.63) is 59.1 Å². The first kappa shape index (κ1) is 16.2. The minimum absolute atomic E-state index is 0.206. The molecule has 0 spiro atoms. The lowest BCUT2D eigenvalue weighted by molar-refractivity contribution is 0.122. The van der Waals surface area contributed by atoms with Crippen LogP contribution >= 0.6 is 11.3 Å². The van der Waals surface area contributed by atoms with Gasteiger partial charge in [-0.15, -0.1) is 11.3 Å². The average Bonchev–Trinajstić information content (AvgIpc) is 3.30. The van der Waals surface area contributed by atoms with Gasteiger partial charge < -0.3 is 15.4 Å². The van der Waals surface area contributed by atoms with Crippen molar-refractivity contribution in [2.75, 3.05) is 5.73 Å². The van der Waals surface area contributed by atoms with Gasteiger partial charge in [-0.2, -0.15) is 4.98 Å². The molecular weight excluding hydrogens is 348 g/mol. The molecule has 4 aromatic heterocycles. The smallest absolute Gasteiger partial charge is 0.221 e. The summed E-state index contributed by atoms with van der Waals surface area (Å²) in [6.07, 6.45) is 6.87. The molecule has 0 aliphatic heterocycles. The fourth-order valence-electron chi connectivity index (χ4n) is 2.50. The molecule has 0 radical (unpaired) electrons. The van der Waals surface area contributed by atoms with Gasteiger partial charge in [-0.05, 0) is 31.0 Å². The molecule has 8 heteroatoms. The van der Waals surface area contributed by atoms with Crippen molar-refractivity contribution in [1.29, 1.82) is 0 Å². The Morgan fingerprint density at radius 1 is 1.23 bits per heavy atom. The first-order valence-electron chi connectivity index (χ1n) is 7.74. The van der Waals surface area contributed by atoms with Gasteiger partial charge in [0.2, 0.25) is 5.95 Å². The third kappa shape index (κ3) is 3.01. The normalized spacial score (nSPS) is 13.2. The van der Waals surface area contributed by atoms with E-state index in [0.717, 1.165) is 10.9 Å². The van der Waals surface area contributed by atoms with Gasteiger partial charge in [-0.1, -0.05) is 5.92 Å². The van der Waals surface area contributed by atoms with Crippen molar-refractivity contribution in [3.8, 4) is 17.7 Å². The van der Waals surface area contributed by atoms with Gasteiger partial charge in [0.15, 0.2) is 5.60 Å². The second-order valence-electron chi connectivity index (χ2n) is 5.75. The zero-order chi connectivity index (χ0) is 18.1. The molecule has 1 atom stereocenters. The number of anilines is 1. The Labute approximate surface area is 153 Å². The zero-order valence-corrected chi connectivity index (χ0v) is 14.6. The third-order valence-electron chi connectivity index (χ3n) is 3.76. The summed E-state index contributed by atoms with van der Waals surface area (Å²) in [5, 5.41) is 13.8. The number of thiazole rings is 1. The van der Waals surface area contributed by atoms with Crippen LogP contribution in [-0.2, 0) is 5.60 Å². The summed E-state index contributed by atoms with van der Waals surface area (Å²) in [6, 6.07) is 5.55. The molecule has 0 aromatic carbocycles. The second-order valence-corrected chi connectivity index (χ2v) is 6.64. The van der Waals surface area contributed by atoms with Gasteiger partial charge in [0.05, 0.1) is 5.52 Å². The number of aliphatic hydroxyl groups is 1. The van der Waals surface area contributed by atoms with Crippen molar-refractivity contribution in [2.24, 2.45) is 0 Å². The molecule has 0 amide bonds. The number of nitrogens with zero attached hydrogens (tertiary/aromatic N) is 5. The lowest BCUT2D eigenvalue weighted by Gasteiger charge is -2.11. The standard InChI is InChI=1S/C18H14N6OS/c1-18(25,16-20-7-9-26-16)5-2-13-10-14-12(11-22-13)4-8-24(14)15-3-6-21-17(19)23-15/h3-4,6-11,25H,1H3,(H2,19,21,23). The Kier molecular flexibility index (Phi) is 3.88. The van der Waals surface area contributed by atoms with E-state index in [4.69, 9.17) is 5.73 Å². The summed E-state index contributed by atoms with van der Waals surface area (Å²) in [5.74, 6) is 6.64. The lowest BCUT2D eigenvalue weighted by Crippen LogP contribution is -2.18. The van der Waals surface area contributed by atoms with Crippen LogP contribution in [0.3, 0.4) is 0 Å². The van der Waals surface area contributed by atoms with Gasteiger partial charge in [0.25, 0.3) is 0 Å². The summed E-state index contributed by atoms with van der Waals surface area (Å²) in [6.45, 7) is 1.61. The Balaban J connectivity index is 1.75. The number of hydrogen-bond donors (Lipinski definition) is 2. The van der Waals surface area contributed by atoms with Gasteiger partial charge in [-0.25, -0.2) is 15.0 Å². The van der Waals surface area contributed by atoms with E-state index in [0.29, 0.717) is 16.5 Å². The molecule has 0 saturated carbocycles. The molecule has 26 heavy (non-hydrogen) atoms. The number of nitrogens with two attached hydrogens (primary N) is 1.